The molecule has 7 heteroatoms. The van der Waals surface area contributed by atoms with E-state index < -0.39 is 0 Å². The number of nitrogens with zero attached hydrogens (tertiary/aromatic N) is 5. The molecular formula is C15H16N6O. The lowest BCUT2D eigenvalue weighted by molar-refractivity contribution is -0.120. The molecule has 1 aliphatic rings. The first-order valence-electron chi connectivity index (χ1n) is 7.19. The number of amides is 1. The van der Waals surface area contributed by atoms with E-state index in [-0.39, 0.29) is 5.91 Å². The third-order valence-electron chi connectivity index (χ3n) is 3.91. The van der Waals surface area contributed by atoms with Crippen LogP contribution >= 0.6 is 0 Å². The van der Waals surface area contributed by atoms with Gasteiger partial charge in [-0.2, -0.15) is 10.2 Å². The van der Waals surface area contributed by atoms with Gasteiger partial charge < -0.3 is 10.2 Å². The molecule has 1 aliphatic heterocycles. The molecule has 112 valence electrons. The maximum Gasteiger partial charge on any atom is 0.239 e. The zero-order valence-electron chi connectivity index (χ0n) is 12.2. The largest absolute Gasteiger partial charge is 0.357 e. The average Bonchev–Trinajstić information content (AvgIpc) is 3.12. The average molecular weight is 296 g/mol. The van der Waals surface area contributed by atoms with Gasteiger partial charge in [-0.3, -0.25) is 9.48 Å². The van der Waals surface area contributed by atoms with E-state index in [1.807, 2.05) is 42.4 Å². The summed E-state index contributed by atoms with van der Waals surface area (Å²) < 4.78 is 3.63. The first-order chi connectivity index (χ1) is 10.7. The number of nitrogens with one attached hydrogen (secondary N) is 1. The number of pyridine rings is 1. The number of carbonyl (C=O) groups excluding carboxylic acids is 1. The summed E-state index contributed by atoms with van der Waals surface area (Å²) in [5, 5.41) is 11.5. The molecule has 7 nitrogen and oxygen atoms in total. The monoisotopic (exact) mass is 296 g/mol. The van der Waals surface area contributed by atoms with Crippen molar-refractivity contribution in [3.05, 3.63) is 36.9 Å². The van der Waals surface area contributed by atoms with Gasteiger partial charge in [-0.05, 0) is 6.07 Å². The van der Waals surface area contributed by atoms with Crippen LogP contribution in [0.25, 0.3) is 16.6 Å². The van der Waals surface area contributed by atoms with Crippen molar-refractivity contribution >= 4 is 17.1 Å². The molecule has 0 bridgehead atoms. The van der Waals surface area contributed by atoms with Crippen molar-refractivity contribution in [3.63, 3.8) is 0 Å². The van der Waals surface area contributed by atoms with Gasteiger partial charge in [-0.25, -0.2) is 4.52 Å². The minimum Gasteiger partial charge on any atom is -0.357 e. The molecule has 3 aromatic heterocycles. The van der Waals surface area contributed by atoms with Crippen LogP contribution in [0.1, 0.15) is 0 Å². The summed E-state index contributed by atoms with van der Waals surface area (Å²) in [6.45, 7) is 1.85. The summed E-state index contributed by atoms with van der Waals surface area (Å²) in [5.74, 6) is 0.0533. The van der Waals surface area contributed by atoms with E-state index in [9.17, 15) is 4.79 Å². The quantitative estimate of drug-likeness (QED) is 0.755. The first-order valence-corrected chi connectivity index (χ1v) is 7.19. The molecule has 4 rings (SSSR count). The number of aromatic nitrogens is 4. The van der Waals surface area contributed by atoms with Gasteiger partial charge >= 0.3 is 0 Å². The Morgan fingerprint density at radius 1 is 1.14 bits per heavy atom. The normalized spacial score (nSPS) is 15.3. The van der Waals surface area contributed by atoms with Gasteiger partial charge in [0.2, 0.25) is 5.91 Å². The highest BCUT2D eigenvalue weighted by Gasteiger charge is 2.19. The Hall–Kier alpha value is -2.83. The van der Waals surface area contributed by atoms with Crippen LogP contribution in [0.4, 0.5) is 5.69 Å². The molecule has 0 radical (unpaired) electrons. The summed E-state index contributed by atoms with van der Waals surface area (Å²) in [4.78, 5) is 13.6. The first kappa shape index (κ1) is 12.9. The fraction of sp³-hybridized carbons (Fsp3) is 0.267. The Balaban J connectivity index is 1.72. The van der Waals surface area contributed by atoms with Crippen LogP contribution in [0.15, 0.2) is 36.9 Å². The van der Waals surface area contributed by atoms with Crippen LogP contribution in [0.3, 0.4) is 0 Å². The van der Waals surface area contributed by atoms with Crippen LogP contribution in [-0.2, 0) is 11.8 Å². The second-order valence-electron chi connectivity index (χ2n) is 5.45. The Morgan fingerprint density at radius 2 is 2.05 bits per heavy atom. The summed E-state index contributed by atoms with van der Waals surface area (Å²) in [7, 11) is 1.90. The van der Waals surface area contributed by atoms with Crippen LogP contribution in [0.2, 0.25) is 0 Å². The smallest absolute Gasteiger partial charge is 0.239 e. The van der Waals surface area contributed by atoms with Crippen molar-refractivity contribution < 1.29 is 4.79 Å². The van der Waals surface area contributed by atoms with Crippen molar-refractivity contribution in [3.8, 4) is 11.1 Å². The van der Waals surface area contributed by atoms with Gasteiger partial charge in [0.05, 0.1) is 30.1 Å². The minimum atomic E-state index is 0.0533. The number of piperazine rings is 1. The molecule has 4 heterocycles. The van der Waals surface area contributed by atoms with Crippen molar-refractivity contribution in [1.29, 1.82) is 0 Å². The van der Waals surface area contributed by atoms with Crippen LogP contribution in [0.5, 0.6) is 0 Å². The van der Waals surface area contributed by atoms with E-state index in [4.69, 9.17) is 0 Å². The highest BCUT2D eigenvalue weighted by atomic mass is 16.2. The van der Waals surface area contributed by atoms with E-state index in [0.29, 0.717) is 13.1 Å². The molecule has 0 unspecified atom stereocenters. The van der Waals surface area contributed by atoms with Crippen molar-refractivity contribution in [2.45, 2.75) is 0 Å². The molecule has 0 saturated carbocycles. The topological polar surface area (TPSA) is 67.5 Å². The Morgan fingerprint density at radius 3 is 2.82 bits per heavy atom. The number of hydrogen-bond acceptors (Lipinski definition) is 4. The molecule has 1 saturated heterocycles. The molecular weight excluding hydrogens is 280 g/mol. The van der Waals surface area contributed by atoms with Gasteiger partial charge in [0.1, 0.15) is 0 Å². The van der Waals surface area contributed by atoms with E-state index >= 15 is 0 Å². The predicted octanol–water partition coefficient (Wildman–Crippen LogP) is 0.671. The summed E-state index contributed by atoms with van der Waals surface area (Å²) in [6.07, 6.45) is 7.61. The number of hydrogen-bond donors (Lipinski definition) is 1. The van der Waals surface area contributed by atoms with Crippen molar-refractivity contribution in [2.75, 3.05) is 24.5 Å². The number of rotatable bonds is 2. The zero-order chi connectivity index (χ0) is 15.1. The van der Waals surface area contributed by atoms with E-state index in [1.165, 1.54) is 0 Å². The highest BCUT2D eigenvalue weighted by Crippen LogP contribution is 2.25. The fourth-order valence-corrected chi connectivity index (χ4v) is 2.80. The number of fused-ring (bicyclic) bond motifs is 1. The number of carbonyl (C=O) groups is 1. The highest BCUT2D eigenvalue weighted by molar-refractivity contribution is 5.85. The molecule has 0 spiro atoms. The maximum atomic E-state index is 11.6. The molecule has 1 N–H and O–H groups in total. The third kappa shape index (κ3) is 2.11. The Kier molecular flexibility index (Phi) is 2.85. The number of aryl methyl sites for hydroxylation is 1. The second kappa shape index (κ2) is 4.87. The predicted molar refractivity (Wildman–Crippen MR) is 82.6 cm³/mol. The molecule has 22 heavy (non-hydrogen) atoms. The van der Waals surface area contributed by atoms with Crippen LogP contribution in [0, 0.1) is 0 Å². The van der Waals surface area contributed by atoms with Gasteiger partial charge in [-0.1, -0.05) is 6.07 Å². The minimum absolute atomic E-state index is 0.0533. The van der Waals surface area contributed by atoms with Gasteiger partial charge in [-0.15, -0.1) is 0 Å². The van der Waals surface area contributed by atoms with Crippen LogP contribution in [-0.4, -0.2) is 44.9 Å². The van der Waals surface area contributed by atoms with Gasteiger partial charge in [0, 0.05) is 43.7 Å². The SMILES string of the molecule is Cn1cc(-c2ccc3c(N4CCNC(=O)C4)cnn3c2)cn1. The maximum absolute atomic E-state index is 11.6. The third-order valence-corrected chi connectivity index (χ3v) is 3.91. The lowest BCUT2D eigenvalue weighted by Gasteiger charge is -2.27. The van der Waals surface area contributed by atoms with Gasteiger partial charge in [0.15, 0.2) is 0 Å². The Labute approximate surface area is 127 Å². The molecule has 1 fully saturated rings. The van der Waals surface area contributed by atoms with Gasteiger partial charge in [0.25, 0.3) is 0 Å². The van der Waals surface area contributed by atoms with E-state index in [1.54, 1.807) is 4.68 Å². The number of anilines is 1. The zero-order valence-corrected chi connectivity index (χ0v) is 12.2. The second-order valence-corrected chi connectivity index (χ2v) is 5.45. The molecule has 1 amide bonds. The Bertz CT molecular complexity index is 849. The lowest BCUT2D eigenvalue weighted by Crippen LogP contribution is -2.47. The van der Waals surface area contributed by atoms with Crippen LogP contribution < -0.4 is 10.2 Å². The fourth-order valence-electron chi connectivity index (χ4n) is 2.80. The van der Waals surface area contributed by atoms with E-state index in [0.717, 1.165) is 28.9 Å². The van der Waals surface area contributed by atoms with E-state index in [2.05, 4.69) is 26.5 Å². The lowest BCUT2D eigenvalue weighted by atomic mass is 10.1. The molecule has 0 aliphatic carbocycles. The summed E-state index contributed by atoms with van der Waals surface area (Å²) >= 11 is 0. The van der Waals surface area contributed by atoms with Crippen molar-refractivity contribution in [2.24, 2.45) is 7.05 Å². The molecule has 3 aromatic rings. The molecule has 0 atom stereocenters. The van der Waals surface area contributed by atoms with Crippen molar-refractivity contribution in [1.82, 2.24) is 24.7 Å². The standard InChI is InChI=1S/C15H16N6O/c1-19-8-12(6-17-19)11-2-3-13-14(7-18-21(13)9-11)20-5-4-16-15(22)10-20/h2-3,6-9H,4-5,10H2,1H3,(H,16,22). The summed E-state index contributed by atoms with van der Waals surface area (Å²) in [6, 6.07) is 4.10. The summed E-state index contributed by atoms with van der Waals surface area (Å²) in [5.41, 5.74) is 4.11. The molecule has 0 aromatic carbocycles.